The van der Waals surface area contributed by atoms with E-state index >= 15 is 0 Å². The van der Waals surface area contributed by atoms with Crippen molar-refractivity contribution < 1.29 is 9.53 Å². The van der Waals surface area contributed by atoms with Crippen LogP contribution < -0.4 is 15.4 Å². The Morgan fingerprint density at radius 1 is 1.07 bits per heavy atom. The van der Waals surface area contributed by atoms with Crippen LogP contribution in [0, 0.1) is 6.92 Å². The number of amides is 1. The third-order valence-electron chi connectivity index (χ3n) is 4.93. The van der Waals surface area contributed by atoms with E-state index in [9.17, 15) is 4.79 Å². The van der Waals surface area contributed by atoms with E-state index in [0.29, 0.717) is 11.7 Å². The molecule has 1 fully saturated rings. The average Bonchev–Trinajstić information content (AvgIpc) is 2.74. The molecule has 1 aliphatic heterocycles. The highest BCUT2D eigenvalue weighted by Gasteiger charge is 2.17. The first kappa shape index (κ1) is 21.1. The highest BCUT2D eigenvalue weighted by molar-refractivity contribution is 7.80. The number of anilines is 1. The molecule has 2 N–H and O–H groups in total. The van der Waals surface area contributed by atoms with Crippen molar-refractivity contribution in [3.05, 3.63) is 59.7 Å². The number of hydrogen-bond donors (Lipinski definition) is 2. The van der Waals surface area contributed by atoms with Crippen molar-refractivity contribution in [1.29, 1.82) is 0 Å². The summed E-state index contributed by atoms with van der Waals surface area (Å²) in [5, 5.41) is 6.91. The molecule has 0 spiro atoms. The first-order valence-electron chi connectivity index (χ1n) is 10.2. The fourth-order valence-corrected chi connectivity index (χ4v) is 3.58. The zero-order chi connectivity index (χ0) is 20.6. The summed E-state index contributed by atoms with van der Waals surface area (Å²) in [6.07, 6.45) is 3.40. The maximum atomic E-state index is 12.5. The molecule has 2 aromatic rings. The van der Waals surface area contributed by atoms with Crippen LogP contribution in [0.3, 0.4) is 0 Å². The number of aryl methyl sites for hydroxylation is 1. The summed E-state index contributed by atoms with van der Waals surface area (Å²) in [5.74, 6) is 0.955. The first-order valence-corrected chi connectivity index (χ1v) is 10.6. The van der Waals surface area contributed by atoms with Crippen molar-refractivity contribution in [2.24, 2.45) is 0 Å². The van der Waals surface area contributed by atoms with Crippen LogP contribution in [0.25, 0.3) is 0 Å². The Labute approximate surface area is 178 Å². The Kier molecular flexibility index (Phi) is 7.47. The fourth-order valence-electron chi connectivity index (χ4n) is 3.26. The minimum Gasteiger partial charge on any atom is -0.491 e. The Morgan fingerprint density at radius 2 is 1.72 bits per heavy atom. The number of hydrogen-bond acceptors (Lipinski definition) is 3. The number of nitrogens with zero attached hydrogens (tertiary/aromatic N) is 1. The van der Waals surface area contributed by atoms with Gasteiger partial charge in [-0.3, -0.25) is 4.79 Å². The quantitative estimate of drug-likeness (QED) is 0.691. The number of likely N-dealkylation sites (tertiary alicyclic amines) is 1. The SMILES string of the molecule is Cc1ccc(OC[C@@H](C)NC(=S)Nc2ccc(C(=O)N3CCCCC3)cc2)cc1. The van der Waals surface area contributed by atoms with Gasteiger partial charge >= 0.3 is 0 Å². The lowest BCUT2D eigenvalue weighted by Crippen LogP contribution is -2.39. The van der Waals surface area contributed by atoms with Gasteiger partial charge in [0.1, 0.15) is 12.4 Å². The van der Waals surface area contributed by atoms with Crippen LogP contribution in [0.2, 0.25) is 0 Å². The van der Waals surface area contributed by atoms with E-state index in [-0.39, 0.29) is 11.9 Å². The second-order valence-electron chi connectivity index (χ2n) is 7.55. The number of rotatable bonds is 6. The van der Waals surface area contributed by atoms with Gasteiger partial charge in [-0.2, -0.15) is 0 Å². The minimum absolute atomic E-state index is 0.0521. The van der Waals surface area contributed by atoms with Gasteiger partial charge in [-0.05, 0) is 81.7 Å². The number of nitrogens with one attached hydrogen (secondary N) is 2. The lowest BCUT2D eigenvalue weighted by Gasteiger charge is -2.26. The van der Waals surface area contributed by atoms with E-state index in [1.807, 2.05) is 67.3 Å². The summed E-state index contributed by atoms with van der Waals surface area (Å²) < 4.78 is 5.78. The van der Waals surface area contributed by atoms with Gasteiger partial charge in [0, 0.05) is 24.3 Å². The van der Waals surface area contributed by atoms with E-state index in [2.05, 4.69) is 10.6 Å². The monoisotopic (exact) mass is 411 g/mol. The minimum atomic E-state index is 0.0521. The van der Waals surface area contributed by atoms with E-state index in [1.165, 1.54) is 12.0 Å². The number of benzene rings is 2. The van der Waals surface area contributed by atoms with E-state index in [4.69, 9.17) is 17.0 Å². The van der Waals surface area contributed by atoms with Crippen molar-refractivity contribution >= 4 is 28.9 Å². The van der Waals surface area contributed by atoms with Gasteiger partial charge in [-0.1, -0.05) is 17.7 Å². The molecule has 2 aromatic carbocycles. The molecular weight excluding hydrogens is 382 g/mol. The predicted molar refractivity (Wildman–Crippen MR) is 122 cm³/mol. The Balaban J connectivity index is 1.44. The number of carbonyl (C=O) groups excluding carboxylic acids is 1. The van der Waals surface area contributed by atoms with Crippen LogP contribution in [-0.2, 0) is 0 Å². The van der Waals surface area contributed by atoms with Gasteiger partial charge in [0.25, 0.3) is 5.91 Å². The zero-order valence-electron chi connectivity index (χ0n) is 17.1. The standard InChI is InChI=1S/C23H29N3O2S/c1-17-6-12-21(13-7-17)28-16-18(2)24-23(29)25-20-10-8-19(9-11-20)22(27)26-14-4-3-5-15-26/h6-13,18H,3-5,14-16H2,1-2H3,(H2,24,25,29)/t18-/m1/s1. The molecule has 0 saturated carbocycles. The van der Waals surface area contributed by atoms with Crippen molar-refractivity contribution in [1.82, 2.24) is 10.2 Å². The molecular formula is C23H29N3O2S. The van der Waals surface area contributed by atoms with E-state index in [1.54, 1.807) is 0 Å². The van der Waals surface area contributed by atoms with Gasteiger partial charge in [-0.15, -0.1) is 0 Å². The molecule has 1 heterocycles. The number of piperidine rings is 1. The predicted octanol–water partition coefficient (Wildman–Crippen LogP) is 4.38. The summed E-state index contributed by atoms with van der Waals surface area (Å²) in [6.45, 7) is 6.29. The fraction of sp³-hybridized carbons (Fsp3) is 0.391. The highest BCUT2D eigenvalue weighted by Crippen LogP contribution is 2.16. The second-order valence-corrected chi connectivity index (χ2v) is 7.96. The smallest absolute Gasteiger partial charge is 0.253 e. The summed E-state index contributed by atoms with van der Waals surface area (Å²) >= 11 is 5.39. The van der Waals surface area contributed by atoms with Crippen LogP contribution in [0.1, 0.15) is 42.1 Å². The van der Waals surface area contributed by atoms with E-state index in [0.717, 1.165) is 42.9 Å². The van der Waals surface area contributed by atoms with Crippen molar-refractivity contribution in [2.45, 2.75) is 39.2 Å². The molecule has 0 aromatic heterocycles. The molecule has 5 nitrogen and oxygen atoms in total. The van der Waals surface area contributed by atoms with Crippen LogP contribution >= 0.6 is 12.2 Å². The normalized spacial score (nSPS) is 14.8. The van der Waals surface area contributed by atoms with Gasteiger partial charge in [-0.25, -0.2) is 0 Å². The summed E-state index contributed by atoms with van der Waals surface area (Å²) in [4.78, 5) is 14.5. The topological polar surface area (TPSA) is 53.6 Å². The molecule has 154 valence electrons. The number of carbonyl (C=O) groups is 1. The number of ether oxygens (including phenoxy) is 1. The maximum Gasteiger partial charge on any atom is 0.253 e. The van der Waals surface area contributed by atoms with E-state index < -0.39 is 0 Å². The molecule has 0 radical (unpaired) electrons. The molecule has 29 heavy (non-hydrogen) atoms. The van der Waals surface area contributed by atoms with Crippen molar-refractivity contribution in [3.8, 4) is 5.75 Å². The van der Waals surface area contributed by atoms with Crippen LogP contribution in [-0.4, -0.2) is 41.7 Å². The molecule has 0 aliphatic carbocycles. The zero-order valence-corrected chi connectivity index (χ0v) is 17.9. The van der Waals surface area contributed by atoms with Gasteiger partial charge in [0.15, 0.2) is 5.11 Å². The Bertz CT molecular complexity index is 815. The molecule has 1 amide bonds. The third-order valence-corrected chi connectivity index (χ3v) is 5.15. The highest BCUT2D eigenvalue weighted by atomic mass is 32.1. The van der Waals surface area contributed by atoms with Crippen molar-refractivity contribution in [2.75, 3.05) is 25.0 Å². The maximum absolute atomic E-state index is 12.5. The Hall–Kier alpha value is -2.60. The van der Waals surface area contributed by atoms with Crippen molar-refractivity contribution in [3.63, 3.8) is 0 Å². The number of thiocarbonyl (C=S) groups is 1. The molecule has 0 unspecified atom stereocenters. The first-order chi connectivity index (χ1) is 14.0. The summed E-state index contributed by atoms with van der Waals surface area (Å²) in [6, 6.07) is 15.5. The molecule has 1 saturated heterocycles. The lowest BCUT2D eigenvalue weighted by molar-refractivity contribution is 0.0724. The summed E-state index contributed by atoms with van der Waals surface area (Å²) in [5.41, 5.74) is 2.78. The molecule has 6 heteroatoms. The van der Waals surface area contributed by atoms with Crippen LogP contribution in [0.15, 0.2) is 48.5 Å². The summed E-state index contributed by atoms with van der Waals surface area (Å²) in [7, 11) is 0. The third kappa shape index (κ3) is 6.46. The second kappa shape index (κ2) is 10.3. The lowest BCUT2D eigenvalue weighted by atomic mass is 10.1. The van der Waals surface area contributed by atoms with Gasteiger partial charge < -0.3 is 20.3 Å². The van der Waals surface area contributed by atoms with Crippen LogP contribution in [0.4, 0.5) is 5.69 Å². The average molecular weight is 412 g/mol. The molecule has 0 bridgehead atoms. The molecule has 3 rings (SSSR count). The molecule has 1 atom stereocenters. The Morgan fingerprint density at radius 3 is 2.38 bits per heavy atom. The molecule has 1 aliphatic rings. The van der Waals surface area contributed by atoms with Gasteiger partial charge in [0.05, 0.1) is 6.04 Å². The van der Waals surface area contributed by atoms with Crippen LogP contribution in [0.5, 0.6) is 5.75 Å². The largest absolute Gasteiger partial charge is 0.491 e. The van der Waals surface area contributed by atoms with Gasteiger partial charge in [0.2, 0.25) is 0 Å².